The molecular weight excluding hydrogens is 414 g/mol. The van der Waals surface area contributed by atoms with Crippen LogP contribution in [-0.2, 0) is 13.1 Å². The summed E-state index contributed by atoms with van der Waals surface area (Å²) >= 11 is 6.10. The molecule has 3 aromatic carbocycles. The fourth-order valence-electron chi connectivity index (χ4n) is 3.43. The molecule has 0 spiro atoms. The highest BCUT2D eigenvalue weighted by Gasteiger charge is 2.20. The SMILES string of the molecule is COc1ccccc1CN(Cc1nc2ccccc2c(=O)[nH]1)C(=O)c1cccc(Cl)c1. The lowest BCUT2D eigenvalue weighted by Crippen LogP contribution is -2.32. The summed E-state index contributed by atoms with van der Waals surface area (Å²) in [6.07, 6.45) is 0. The molecule has 7 heteroatoms. The van der Waals surface area contributed by atoms with Crippen LogP contribution in [-0.4, -0.2) is 27.9 Å². The second-order valence-corrected chi connectivity index (χ2v) is 7.45. The molecule has 0 bridgehead atoms. The van der Waals surface area contributed by atoms with Crippen molar-refractivity contribution in [1.29, 1.82) is 0 Å². The van der Waals surface area contributed by atoms with Crippen molar-refractivity contribution in [3.63, 3.8) is 0 Å². The lowest BCUT2D eigenvalue weighted by atomic mass is 10.1. The molecule has 4 rings (SSSR count). The second kappa shape index (κ2) is 9.02. The molecule has 0 aliphatic carbocycles. The summed E-state index contributed by atoms with van der Waals surface area (Å²) in [6, 6.07) is 21.4. The Morgan fingerprint density at radius 1 is 1.03 bits per heavy atom. The van der Waals surface area contributed by atoms with Crippen LogP contribution in [0.25, 0.3) is 10.9 Å². The first kappa shape index (κ1) is 20.6. The Kier molecular flexibility index (Phi) is 6.00. The van der Waals surface area contributed by atoms with Gasteiger partial charge in [-0.05, 0) is 36.4 Å². The van der Waals surface area contributed by atoms with E-state index in [0.29, 0.717) is 33.1 Å². The molecule has 0 unspecified atom stereocenters. The summed E-state index contributed by atoms with van der Waals surface area (Å²) in [4.78, 5) is 34.8. The number of halogens is 1. The van der Waals surface area contributed by atoms with Crippen LogP contribution >= 0.6 is 11.6 Å². The Bertz CT molecular complexity index is 1300. The number of benzene rings is 3. The van der Waals surface area contributed by atoms with E-state index in [9.17, 15) is 9.59 Å². The molecule has 1 heterocycles. The molecule has 6 nitrogen and oxygen atoms in total. The zero-order chi connectivity index (χ0) is 21.8. The number of hydrogen-bond acceptors (Lipinski definition) is 4. The molecule has 4 aromatic rings. The number of ether oxygens (including phenoxy) is 1. The number of fused-ring (bicyclic) bond motifs is 1. The Morgan fingerprint density at radius 3 is 2.61 bits per heavy atom. The zero-order valence-corrected chi connectivity index (χ0v) is 17.6. The number of nitrogens with zero attached hydrogens (tertiary/aromatic N) is 2. The largest absolute Gasteiger partial charge is 0.496 e. The summed E-state index contributed by atoms with van der Waals surface area (Å²) < 4.78 is 5.45. The number of aromatic amines is 1. The van der Waals surface area contributed by atoms with Crippen LogP contribution in [0.15, 0.2) is 77.6 Å². The molecule has 0 saturated carbocycles. The van der Waals surface area contributed by atoms with Crippen LogP contribution in [0.2, 0.25) is 5.02 Å². The van der Waals surface area contributed by atoms with Gasteiger partial charge in [-0.2, -0.15) is 0 Å². The minimum absolute atomic E-state index is 0.115. The second-order valence-electron chi connectivity index (χ2n) is 7.01. The smallest absolute Gasteiger partial charge is 0.258 e. The summed E-state index contributed by atoms with van der Waals surface area (Å²) in [6.45, 7) is 0.384. The average Bonchev–Trinajstić information content (AvgIpc) is 2.78. The maximum atomic E-state index is 13.4. The number of carbonyl (C=O) groups excluding carboxylic acids is 1. The summed E-state index contributed by atoms with van der Waals surface area (Å²) in [7, 11) is 1.59. The van der Waals surface area contributed by atoms with E-state index >= 15 is 0 Å². The van der Waals surface area contributed by atoms with E-state index in [0.717, 1.165) is 5.56 Å². The van der Waals surface area contributed by atoms with Gasteiger partial charge in [0, 0.05) is 16.1 Å². The first-order valence-electron chi connectivity index (χ1n) is 9.70. The van der Waals surface area contributed by atoms with Gasteiger partial charge in [-0.1, -0.05) is 48.0 Å². The predicted molar refractivity (Wildman–Crippen MR) is 120 cm³/mol. The van der Waals surface area contributed by atoms with Gasteiger partial charge in [0.05, 0.1) is 31.1 Å². The molecule has 31 heavy (non-hydrogen) atoms. The number of para-hydroxylation sites is 2. The molecule has 0 aliphatic rings. The molecular formula is C24H20ClN3O3. The number of amides is 1. The van der Waals surface area contributed by atoms with Crippen LogP contribution in [0.4, 0.5) is 0 Å². The molecule has 0 radical (unpaired) electrons. The number of H-pyrrole nitrogens is 1. The van der Waals surface area contributed by atoms with E-state index in [2.05, 4.69) is 9.97 Å². The van der Waals surface area contributed by atoms with Crippen LogP contribution in [0.1, 0.15) is 21.7 Å². The van der Waals surface area contributed by atoms with Crippen molar-refractivity contribution < 1.29 is 9.53 Å². The van der Waals surface area contributed by atoms with Crippen LogP contribution in [0, 0.1) is 0 Å². The first-order chi connectivity index (χ1) is 15.0. The predicted octanol–water partition coefficient (Wildman–Crippen LogP) is 4.43. The van der Waals surface area contributed by atoms with E-state index in [4.69, 9.17) is 16.3 Å². The van der Waals surface area contributed by atoms with Crippen LogP contribution in [0.3, 0.4) is 0 Å². The van der Waals surface area contributed by atoms with Crippen molar-refractivity contribution >= 4 is 28.4 Å². The molecule has 156 valence electrons. The van der Waals surface area contributed by atoms with Crippen molar-refractivity contribution in [2.45, 2.75) is 13.1 Å². The molecule has 0 saturated heterocycles. The standard InChI is InChI=1S/C24H20ClN3O3/c1-31-21-12-5-2-7-17(21)14-28(24(30)16-8-6-9-18(25)13-16)15-22-26-20-11-4-3-10-19(20)23(29)27-22/h2-13H,14-15H2,1H3,(H,26,27,29). The van der Waals surface area contributed by atoms with E-state index in [1.807, 2.05) is 30.3 Å². The number of aromatic nitrogens is 2. The van der Waals surface area contributed by atoms with Gasteiger partial charge in [-0.25, -0.2) is 4.98 Å². The minimum atomic E-state index is -0.243. The van der Waals surface area contributed by atoms with Gasteiger partial charge in [0.15, 0.2) is 0 Å². The van der Waals surface area contributed by atoms with Crippen molar-refractivity contribution in [1.82, 2.24) is 14.9 Å². The van der Waals surface area contributed by atoms with Gasteiger partial charge in [0.25, 0.3) is 11.5 Å². The van der Waals surface area contributed by atoms with E-state index in [-0.39, 0.29) is 24.6 Å². The monoisotopic (exact) mass is 433 g/mol. The summed E-state index contributed by atoms with van der Waals surface area (Å²) in [5, 5.41) is 0.976. The van der Waals surface area contributed by atoms with Crippen LogP contribution in [0.5, 0.6) is 5.75 Å². The topological polar surface area (TPSA) is 75.3 Å². The third-order valence-electron chi connectivity index (χ3n) is 4.92. The lowest BCUT2D eigenvalue weighted by Gasteiger charge is -2.23. The Hall–Kier alpha value is -3.64. The highest BCUT2D eigenvalue weighted by Crippen LogP contribution is 2.22. The third kappa shape index (κ3) is 4.59. The highest BCUT2D eigenvalue weighted by atomic mass is 35.5. The number of hydrogen-bond donors (Lipinski definition) is 1. The maximum Gasteiger partial charge on any atom is 0.258 e. The third-order valence-corrected chi connectivity index (χ3v) is 5.15. The summed E-state index contributed by atoms with van der Waals surface area (Å²) in [5.74, 6) is 0.838. The summed E-state index contributed by atoms with van der Waals surface area (Å²) in [5.41, 5.74) is 1.62. The fraction of sp³-hybridized carbons (Fsp3) is 0.125. The Morgan fingerprint density at radius 2 is 1.81 bits per heavy atom. The van der Waals surface area contributed by atoms with Crippen molar-refractivity contribution in [2.75, 3.05) is 7.11 Å². The number of rotatable bonds is 6. The number of nitrogens with one attached hydrogen (secondary N) is 1. The number of carbonyl (C=O) groups is 1. The Balaban J connectivity index is 1.73. The molecule has 0 aliphatic heterocycles. The van der Waals surface area contributed by atoms with Gasteiger partial charge in [0.1, 0.15) is 11.6 Å². The molecule has 0 atom stereocenters. The van der Waals surface area contributed by atoms with Crippen molar-refractivity contribution in [3.05, 3.63) is 105 Å². The van der Waals surface area contributed by atoms with Gasteiger partial charge in [-0.15, -0.1) is 0 Å². The lowest BCUT2D eigenvalue weighted by molar-refractivity contribution is 0.0724. The van der Waals surface area contributed by atoms with Crippen molar-refractivity contribution in [3.8, 4) is 5.75 Å². The van der Waals surface area contributed by atoms with Crippen molar-refractivity contribution in [2.24, 2.45) is 0 Å². The normalized spacial score (nSPS) is 10.8. The van der Waals surface area contributed by atoms with Crippen LogP contribution < -0.4 is 10.3 Å². The molecule has 1 aromatic heterocycles. The first-order valence-corrected chi connectivity index (χ1v) is 10.1. The Labute approximate surface area is 184 Å². The molecule has 0 fully saturated rings. The molecule has 1 amide bonds. The average molecular weight is 434 g/mol. The quantitative estimate of drug-likeness (QED) is 0.488. The highest BCUT2D eigenvalue weighted by molar-refractivity contribution is 6.30. The molecule has 1 N–H and O–H groups in total. The van der Waals surface area contributed by atoms with Gasteiger partial charge >= 0.3 is 0 Å². The van der Waals surface area contributed by atoms with E-state index < -0.39 is 0 Å². The van der Waals surface area contributed by atoms with E-state index in [1.54, 1.807) is 54.5 Å². The zero-order valence-electron chi connectivity index (χ0n) is 16.8. The fourth-order valence-corrected chi connectivity index (χ4v) is 3.62. The minimum Gasteiger partial charge on any atom is -0.496 e. The number of methoxy groups -OCH3 is 1. The maximum absolute atomic E-state index is 13.4. The van der Waals surface area contributed by atoms with Gasteiger partial charge < -0.3 is 14.6 Å². The van der Waals surface area contributed by atoms with Gasteiger partial charge in [-0.3, -0.25) is 9.59 Å². The van der Waals surface area contributed by atoms with E-state index in [1.165, 1.54) is 0 Å². The van der Waals surface area contributed by atoms with Gasteiger partial charge in [0.2, 0.25) is 0 Å².